The summed E-state index contributed by atoms with van der Waals surface area (Å²) >= 11 is 0. The molecule has 1 aliphatic heterocycles. The number of aromatic nitrogens is 2. The third-order valence-electron chi connectivity index (χ3n) is 5.72. The Morgan fingerprint density at radius 1 is 1.15 bits per heavy atom. The maximum atomic E-state index is 12.9. The van der Waals surface area contributed by atoms with E-state index >= 15 is 0 Å². The molecule has 1 aromatic rings. The number of hydrogen-bond acceptors (Lipinski definition) is 4. The Hall–Kier alpha value is -1.89. The SMILES string of the molecule is CNC(C(=O)N1CCC(C(=O)NC2CCCCC2)CC1)c1cnn(C)c1. The van der Waals surface area contributed by atoms with E-state index in [1.54, 1.807) is 17.9 Å². The molecule has 2 fully saturated rings. The van der Waals surface area contributed by atoms with Gasteiger partial charge in [-0.2, -0.15) is 5.10 Å². The zero-order chi connectivity index (χ0) is 18.5. The number of aryl methyl sites for hydroxylation is 1. The minimum Gasteiger partial charge on any atom is -0.353 e. The number of carbonyl (C=O) groups is 2. The zero-order valence-electron chi connectivity index (χ0n) is 15.9. The van der Waals surface area contributed by atoms with Crippen LogP contribution in [-0.4, -0.2) is 52.7 Å². The van der Waals surface area contributed by atoms with Crippen molar-refractivity contribution >= 4 is 11.8 Å². The van der Waals surface area contributed by atoms with Crippen LogP contribution >= 0.6 is 0 Å². The van der Waals surface area contributed by atoms with E-state index in [-0.39, 0.29) is 23.8 Å². The predicted octanol–water partition coefficient (Wildman–Crippen LogP) is 1.37. The number of rotatable bonds is 5. The highest BCUT2D eigenvalue weighted by Gasteiger charge is 2.32. The smallest absolute Gasteiger partial charge is 0.244 e. The highest BCUT2D eigenvalue weighted by molar-refractivity contribution is 5.84. The summed E-state index contributed by atoms with van der Waals surface area (Å²) < 4.78 is 1.70. The maximum Gasteiger partial charge on any atom is 0.244 e. The molecule has 1 saturated heterocycles. The lowest BCUT2D eigenvalue weighted by Gasteiger charge is -2.34. The van der Waals surface area contributed by atoms with Crippen LogP contribution in [0.4, 0.5) is 0 Å². The summed E-state index contributed by atoms with van der Waals surface area (Å²) in [5.41, 5.74) is 0.872. The molecule has 2 heterocycles. The van der Waals surface area contributed by atoms with Gasteiger partial charge in [0.05, 0.1) is 6.20 Å². The number of amides is 2. The lowest BCUT2D eigenvalue weighted by atomic mass is 9.92. The lowest BCUT2D eigenvalue weighted by Crippen LogP contribution is -2.48. The second-order valence-corrected chi connectivity index (χ2v) is 7.61. The summed E-state index contributed by atoms with van der Waals surface area (Å²) in [6.45, 7) is 1.28. The summed E-state index contributed by atoms with van der Waals surface area (Å²) in [6.07, 6.45) is 11.0. The van der Waals surface area contributed by atoms with Gasteiger partial charge in [0.1, 0.15) is 6.04 Å². The first-order valence-corrected chi connectivity index (χ1v) is 9.83. The van der Waals surface area contributed by atoms with Crippen LogP contribution in [0.2, 0.25) is 0 Å². The highest BCUT2D eigenvalue weighted by Crippen LogP contribution is 2.23. The van der Waals surface area contributed by atoms with Crippen LogP contribution in [-0.2, 0) is 16.6 Å². The van der Waals surface area contributed by atoms with Crippen molar-refractivity contribution < 1.29 is 9.59 Å². The predicted molar refractivity (Wildman–Crippen MR) is 99.3 cm³/mol. The largest absolute Gasteiger partial charge is 0.353 e. The third kappa shape index (κ3) is 4.44. The van der Waals surface area contributed by atoms with Crippen molar-refractivity contribution in [2.75, 3.05) is 20.1 Å². The van der Waals surface area contributed by atoms with E-state index in [0.29, 0.717) is 19.1 Å². The Bertz CT molecular complexity index is 615. The number of carbonyl (C=O) groups excluding carboxylic acids is 2. The van der Waals surface area contributed by atoms with Gasteiger partial charge in [-0.15, -0.1) is 0 Å². The molecule has 0 aromatic carbocycles. The van der Waals surface area contributed by atoms with Gasteiger partial charge in [-0.3, -0.25) is 14.3 Å². The normalized spacial score (nSPS) is 20.8. The Balaban J connectivity index is 1.50. The maximum absolute atomic E-state index is 12.9. The number of nitrogens with zero attached hydrogens (tertiary/aromatic N) is 3. The minimum absolute atomic E-state index is 0.0346. The summed E-state index contributed by atoms with van der Waals surface area (Å²) in [4.78, 5) is 27.3. The quantitative estimate of drug-likeness (QED) is 0.830. The van der Waals surface area contributed by atoms with Gasteiger partial charge >= 0.3 is 0 Å². The molecule has 1 aliphatic carbocycles. The Morgan fingerprint density at radius 2 is 1.85 bits per heavy atom. The van der Waals surface area contributed by atoms with E-state index in [2.05, 4.69) is 15.7 Å². The van der Waals surface area contributed by atoms with Crippen LogP contribution in [0, 0.1) is 5.92 Å². The molecule has 2 N–H and O–H groups in total. The molecule has 2 aliphatic rings. The standard InChI is InChI=1S/C19H31N5O2/c1-20-17(15-12-21-23(2)13-15)19(26)24-10-8-14(9-11-24)18(25)22-16-6-4-3-5-7-16/h12-14,16-17,20H,3-11H2,1-2H3,(H,22,25). The first-order chi connectivity index (χ1) is 12.6. The average molecular weight is 361 g/mol. The van der Waals surface area contributed by atoms with E-state index in [0.717, 1.165) is 31.2 Å². The molecule has 0 spiro atoms. The molecule has 144 valence electrons. The van der Waals surface area contributed by atoms with E-state index in [1.165, 1.54) is 19.3 Å². The first kappa shape index (κ1) is 18.9. The van der Waals surface area contributed by atoms with Gasteiger partial charge in [0.15, 0.2) is 0 Å². The van der Waals surface area contributed by atoms with Gasteiger partial charge in [0.2, 0.25) is 11.8 Å². The second kappa shape index (κ2) is 8.66. The average Bonchev–Trinajstić information content (AvgIpc) is 3.09. The van der Waals surface area contributed by atoms with Crippen LogP contribution < -0.4 is 10.6 Å². The molecule has 0 bridgehead atoms. The van der Waals surface area contributed by atoms with Gasteiger partial charge in [-0.25, -0.2) is 0 Å². The number of hydrogen-bond donors (Lipinski definition) is 2. The van der Waals surface area contributed by atoms with Gasteiger partial charge in [0.25, 0.3) is 0 Å². The van der Waals surface area contributed by atoms with Crippen molar-refractivity contribution in [3.05, 3.63) is 18.0 Å². The Kier molecular flexibility index (Phi) is 6.29. The van der Waals surface area contributed by atoms with Crippen molar-refractivity contribution in [3.8, 4) is 0 Å². The second-order valence-electron chi connectivity index (χ2n) is 7.61. The topological polar surface area (TPSA) is 79.3 Å². The van der Waals surface area contributed by atoms with E-state index in [1.807, 2.05) is 18.1 Å². The van der Waals surface area contributed by atoms with Gasteiger partial charge in [-0.05, 0) is 32.7 Å². The van der Waals surface area contributed by atoms with Gasteiger partial charge < -0.3 is 15.5 Å². The molecule has 1 aromatic heterocycles. The van der Waals surface area contributed by atoms with Crippen molar-refractivity contribution in [2.24, 2.45) is 13.0 Å². The number of likely N-dealkylation sites (N-methyl/N-ethyl adjacent to an activating group) is 1. The molecule has 2 amide bonds. The van der Waals surface area contributed by atoms with Gasteiger partial charge in [-0.1, -0.05) is 19.3 Å². The van der Waals surface area contributed by atoms with Crippen molar-refractivity contribution in [3.63, 3.8) is 0 Å². The summed E-state index contributed by atoms with van der Waals surface area (Å²) in [5.74, 6) is 0.278. The fourth-order valence-corrected chi connectivity index (χ4v) is 4.13. The van der Waals surface area contributed by atoms with Crippen molar-refractivity contribution in [1.29, 1.82) is 0 Å². The van der Waals surface area contributed by atoms with Crippen molar-refractivity contribution in [2.45, 2.75) is 57.0 Å². The van der Waals surface area contributed by atoms with Gasteiger partial charge in [0, 0.05) is 43.9 Å². The lowest BCUT2D eigenvalue weighted by molar-refractivity contribution is -0.137. The van der Waals surface area contributed by atoms with Crippen LogP contribution in [0.1, 0.15) is 56.6 Å². The molecule has 0 radical (unpaired) electrons. The number of piperidine rings is 1. The molecule has 7 nitrogen and oxygen atoms in total. The molecular formula is C19H31N5O2. The molecule has 1 saturated carbocycles. The van der Waals surface area contributed by atoms with Crippen LogP contribution in [0.5, 0.6) is 0 Å². The number of likely N-dealkylation sites (tertiary alicyclic amines) is 1. The zero-order valence-corrected chi connectivity index (χ0v) is 15.9. The Labute approximate surface area is 155 Å². The molecule has 1 unspecified atom stereocenters. The van der Waals surface area contributed by atoms with Crippen LogP contribution in [0.3, 0.4) is 0 Å². The first-order valence-electron chi connectivity index (χ1n) is 9.83. The third-order valence-corrected chi connectivity index (χ3v) is 5.72. The van der Waals surface area contributed by atoms with E-state index < -0.39 is 0 Å². The Morgan fingerprint density at radius 3 is 2.42 bits per heavy atom. The molecule has 7 heteroatoms. The fourth-order valence-electron chi connectivity index (χ4n) is 4.13. The molecular weight excluding hydrogens is 330 g/mol. The molecule has 26 heavy (non-hydrogen) atoms. The highest BCUT2D eigenvalue weighted by atomic mass is 16.2. The minimum atomic E-state index is -0.378. The number of nitrogens with one attached hydrogen (secondary N) is 2. The van der Waals surface area contributed by atoms with Crippen LogP contribution in [0.25, 0.3) is 0 Å². The molecule has 3 rings (SSSR count). The monoisotopic (exact) mass is 361 g/mol. The van der Waals surface area contributed by atoms with Crippen LogP contribution in [0.15, 0.2) is 12.4 Å². The van der Waals surface area contributed by atoms with E-state index in [9.17, 15) is 9.59 Å². The molecule has 1 atom stereocenters. The van der Waals surface area contributed by atoms with E-state index in [4.69, 9.17) is 0 Å². The fraction of sp³-hybridized carbons (Fsp3) is 0.737. The summed E-state index contributed by atoms with van der Waals surface area (Å²) in [7, 11) is 3.64. The summed E-state index contributed by atoms with van der Waals surface area (Å²) in [6, 6.07) is -0.0218. The van der Waals surface area contributed by atoms with Crippen molar-refractivity contribution in [1.82, 2.24) is 25.3 Å². The summed E-state index contributed by atoms with van der Waals surface area (Å²) in [5, 5.41) is 10.5.